The van der Waals surface area contributed by atoms with Gasteiger partial charge in [0.2, 0.25) is 11.8 Å². The smallest absolute Gasteiger partial charge is 0.227 e. The van der Waals surface area contributed by atoms with Crippen LogP contribution in [-0.2, 0) is 4.79 Å². The van der Waals surface area contributed by atoms with Crippen LogP contribution in [0, 0.1) is 5.92 Å². The number of hydrogen-bond acceptors (Lipinski definition) is 4. The van der Waals surface area contributed by atoms with Crippen LogP contribution in [-0.4, -0.2) is 30.6 Å². The lowest BCUT2D eigenvalue weighted by atomic mass is 10.1. The predicted molar refractivity (Wildman–Crippen MR) is 69.9 cm³/mol. The number of pyridine rings is 1. The number of hydrogen-bond donors (Lipinski definition) is 0. The number of rotatable bonds is 5. The first-order valence-corrected chi connectivity index (χ1v) is 6.14. The van der Waals surface area contributed by atoms with E-state index in [2.05, 4.69) is 15.0 Å². The maximum absolute atomic E-state index is 11.9. The van der Waals surface area contributed by atoms with E-state index in [1.807, 2.05) is 13.0 Å². The second kappa shape index (κ2) is 6.06. The summed E-state index contributed by atoms with van der Waals surface area (Å²) < 4.78 is 5.25. The number of aromatic nitrogens is 1. The van der Waals surface area contributed by atoms with Gasteiger partial charge in [0, 0.05) is 30.5 Å². The molecule has 1 aromatic rings. The third-order valence-electron chi connectivity index (χ3n) is 2.93. The molecule has 1 atom stereocenters. The number of nitrogens with zero attached hydrogens (tertiary/aromatic N) is 5. The van der Waals surface area contributed by atoms with Crippen molar-refractivity contribution in [3.05, 3.63) is 28.8 Å². The maximum atomic E-state index is 11.9. The molecule has 0 saturated carbocycles. The van der Waals surface area contributed by atoms with Gasteiger partial charge in [-0.1, -0.05) is 5.11 Å². The lowest BCUT2D eigenvalue weighted by Crippen LogP contribution is -2.24. The van der Waals surface area contributed by atoms with Crippen LogP contribution in [0.2, 0.25) is 0 Å². The van der Waals surface area contributed by atoms with Crippen molar-refractivity contribution in [2.45, 2.75) is 13.3 Å². The summed E-state index contributed by atoms with van der Waals surface area (Å²) in [7, 11) is 0. The number of ether oxygens (including phenoxy) is 1. The first-order chi connectivity index (χ1) is 9.24. The Morgan fingerprint density at radius 1 is 1.63 bits per heavy atom. The molecular formula is C12H15N5O2. The van der Waals surface area contributed by atoms with Crippen LogP contribution in [0.25, 0.3) is 10.4 Å². The summed E-state index contributed by atoms with van der Waals surface area (Å²) in [6.45, 7) is 3.36. The van der Waals surface area contributed by atoms with E-state index in [9.17, 15) is 4.79 Å². The van der Waals surface area contributed by atoms with E-state index in [1.165, 1.54) is 0 Å². The van der Waals surface area contributed by atoms with Gasteiger partial charge in [-0.2, -0.15) is 0 Å². The van der Waals surface area contributed by atoms with Crippen LogP contribution in [0.1, 0.15) is 13.3 Å². The Hall–Kier alpha value is -2.27. The highest BCUT2D eigenvalue weighted by molar-refractivity contribution is 5.95. The molecule has 1 aliphatic heterocycles. The van der Waals surface area contributed by atoms with Crippen molar-refractivity contribution in [2.75, 3.05) is 24.6 Å². The molecule has 0 radical (unpaired) electrons. The number of carbonyl (C=O) groups is 1. The van der Waals surface area contributed by atoms with Crippen LogP contribution in [0.5, 0.6) is 5.88 Å². The molecule has 1 unspecified atom stereocenters. The van der Waals surface area contributed by atoms with Gasteiger partial charge in [0.25, 0.3) is 0 Å². The molecule has 1 fully saturated rings. The lowest BCUT2D eigenvalue weighted by Gasteiger charge is -2.16. The molecule has 100 valence electrons. The molecule has 0 aromatic carbocycles. The van der Waals surface area contributed by atoms with E-state index in [-0.39, 0.29) is 11.8 Å². The molecule has 7 nitrogen and oxygen atoms in total. The molecule has 0 bridgehead atoms. The Morgan fingerprint density at radius 2 is 2.47 bits per heavy atom. The van der Waals surface area contributed by atoms with Crippen molar-refractivity contribution in [3.63, 3.8) is 0 Å². The van der Waals surface area contributed by atoms with E-state index in [0.29, 0.717) is 32.0 Å². The highest BCUT2D eigenvalue weighted by Gasteiger charge is 2.30. The molecule has 7 heteroatoms. The normalized spacial score (nSPS) is 18.3. The Kier molecular flexibility index (Phi) is 4.20. The molecule has 1 aromatic heterocycles. The second-order valence-corrected chi connectivity index (χ2v) is 4.28. The summed E-state index contributed by atoms with van der Waals surface area (Å²) in [5, 5.41) is 3.52. The van der Waals surface area contributed by atoms with Crippen LogP contribution in [0.4, 0.5) is 5.69 Å². The fourth-order valence-electron chi connectivity index (χ4n) is 2.07. The van der Waals surface area contributed by atoms with Gasteiger partial charge < -0.3 is 9.64 Å². The van der Waals surface area contributed by atoms with Crippen molar-refractivity contribution in [3.8, 4) is 5.88 Å². The third-order valence-corrected chi connectivity index (χ3v) is 2.93. The van der Waals surface area contributed by atoms with Gasteiger partial charge in [-0.15, -0.1) is 0 Å². The van der Waals surface area contributed by atoms with Gasteiger partial charge in [0.05, 0.1) is 18.5 Å². The highest BCUT2D eigenvalue weighted by atomic mass is 16.5. The van der Waals surface area contributed by atoms with Crippen molar-refractivity contribution >= 4 is 11.6 Å². The zero-order valence-corrected chi connectivity index (χ0v) is 10.7. The molecule has 1 amide bonds. The molecule has 0 N–H and O–H groups in total. The van der Waals surface area contributed by atoms with Crippen LogP contribution in [0.3, 0.4) is 0 Å². The topological polar surface area (TPSA) is 91.2 Å². The molecule has 0 aliphatic carbocycles. The average molecular weight is 261 g/mol. The van der Waals surface area contributed by atoms with Crippen molar-refractivity contribution in [1.29, 1.82) is 0 Å². The maximum Gasteiger partial charge on any atom is 0.227 e. The second-order valence-electron chi connectivity index (χ2n) is 4.28. The van der Waals surface area contributed by atoms with Gasteiger partial charge in [0.1, 0.15) is 0 Å². The Labute approximate surface area is 110 Å². The summed E-state index contributed by atoms with van der Waals surface area (Å²) in [4.78, 5) is 20.4. The largest absolute Gasteiger partial charge is 0.478 e. The average Bonchev–Trinajstić information content (AvgIpc) is 2.79. The minimum atomic E-state index is 0.0316. The summed E-state index contributed by atoms with van der Waals surface area (Å²) in [5.74, 6) is 0.655. The number of amides is 1. The van der Waals surface area contributed by atoms with E-state index in [1.54, 1.807) is 17.2 Å². The summed E-state index contributed by atoms with van der Waals surface area (Å²) in [5.41, 5.74) is 9.04. The van der Waals surface area contributed by atoms with Gasteiger partial charge >= 0.3 is 0 Å². The van der Waals surface area contributed by atoms with Gasteiger partial charge in [-0.3, -0.25) is 4.79 Å². The van der Waals surface area contributed by atoms with Crippen molar-refractivity contribution < 1.29 is 9.53 Å². The van der Waals surface area contributed by atoms with Crippen molar-refractivity contribution in [2.24, 2.45) is 11.0 Å². The molecular weight excluding hydrogens is 246 g/mol. The highest BCUT2D eigenvalue weighted by Crippen LogP contribution is 2.25. The fourth-order valence-corrected chi connectivity index (χ4v) is 2.07. The summed E-state index contributed by atoms with van der Waals surface area (Å²) in [6, 6.07) is 3.55. The van der Waals surface area contributed by atoms with Crippen LogP contribution in [0.15, 0.2) is 23.4 Å². The van der Waals surface area contributed by atoms with Crippen molar-refractivity contribution in [1.82, 2.24) is 4.98 Å². The van der Waals surface area contributed by atoms with Crippen LogP contribution < -0.4 is 9.64 Å². The minimum Gasteiger partial charge on any atom is -0.478 e. The minimum absolute atomic E-state index is 0.0316. The standard InChI is InChI=1S/C12H15N5O2/c1-2-19-11-4-3-10(7-14-11)17-8-9(5-12(17)18)6-15-16-13/h3-4,7,9H,2,5-6,8H2,1H3. The number of carbonyl (C=O) groups excluding carboxylic acids is 1. The summed E-state index contributed by atoms with van der Waals surface area (Å²) >= 11 is 0. The Bertz CT molecular complexity index is 495. The molecule has 2 rings (SSSR count). The van der Waals surface area contributed by atoms with E-state index >= 15 is 0 Å². The van der Waals surface area contributed by atoms with E-state index in [0.717, 1.165) is 5.69 Å². The Morgan fingerprint density at radius 3 is 3.11 bits per heavy atom. The quantitative estimate of drug-likeness (QED) is 0.462. The first-order valence-electron chi connectivity index (χ1n) is 6.14. The molecule has 1 saturated heterocycles. The SMILES string of the molecule is CCOc1ccc(N2CC(CN=[N+]=[N-])CC2=O)cn1. The number of anilines is 1. The molecule has 0 spiro atoms. The molecule has 19 heavy (non-hydrogen) atoms. The molecule has 2 heterocycles. The van der Waals surface area contributed by atoms with Crippen LogP contribution >= 0.6 is 0 Å². The van der Waals surface area contributed by atoms with Gasteiger partial charge in [-0.25, -0.2) is 4.98 Å². The third kappa shape index (κ3) is 3.14. The van der Waals surface area contributed by atoms with E-state index in [4.69, 9.17) is 10.3 Å². The first kappa shape index (κ1) is 13.2. The van der Waals surface area contributed by atoms with E-state index < -0.39 is 0 Å². The fraction of sp³-hybridized carbons (Fsp3) is 0.500. The summed E-state index contributed by atoms with van der Waals surface area (Å²) in [6.07, 6.45) is 2.03. The zero-order chi connectivity index (χ0) is 13.7. The number of azide groups is 1. The monoisotopic (exact) mass is 261 g/mol. The predicted octanol–water partition coefficient (Wildman–Crippen LogP) is 2.14. The lowest BCUT2D eigenvalue weighted by molar-refractivity contribution is -0.117. The zero-order valence-electron chi connectivity index (χ0n) is 10.7. The molecule has 1 aliphatic rings. The van der Waals surface area contributed by atoms with Gasteiger partial charge in [-0.05, 0) is 24.4 Å². The van der Waals surface area contributed by atoms with Gasteiger partial charge in [0.15, 0.2) is 0 Å². The Balaban J connectivity index is 2.05.